The minimum Gasteiger partial charge on any atom is -0.506 e. The molecule has 1 saturated heterocycles. The van der Waals surface area contributed by atoms with Crippen molar-refractivity contribution in [2.24, 2.45) is 5.92 Å². The van der Waals surface area contributed by atoms with Gasteiger partial charge in [-0.05, 0) is 52.2 Å². The van der Waals surface area contributed by atoms with Crippen molar-refractivity contribution in [3.8, 4) is 11.3 Å². The fraction of sp³-hybridized carbons (Fsp3) is 0.483. The second-order valence-corrected chi connectivity index (χ2v) is 11.4. The Labute approximate surface area is 240 Å². The third-order valence-electron chi connectivity index (χ3n) is 6.05. The molecule has 0 bridgehead atoms. The molecule has 3 N–H and O–H groups in total. The third kappa shape index (κ3) is 9.39. The highest BCUT2D eigenvalue weighted by molar-refractivity contribution is 6.51. The predicted octanol–water partition coefficient (Wildman–Crippen LogP) is 2.46. The smallest absolute Gasteiger partial charge is 0.506 e. The van der Waals surface area contributed by atoms with Crippen LogP contribution in [-0.4, -0.2) is 70.8 Å². The molecular formula is C29H38BN3O8. The van der Waals surface area contributed by atoms with E-state index in [2.05, 4.69) is 15.6 Å². The molecule has 41 heavy (non-hydrogen) atoms. The topological polar surface area (TPSA) is 153 Å². The van der Waals surface area contributed by atoms with Crippen molar-refractivity contribution in [1.29, 1.82) is 0 Å². The van der Waals surface area contributed by atoms with Crippen LogP contribution in [0, 0.1) is 5.92 Å². The summed E-state index contributed by atoms with van der Waals surface area (Å²) in [6, 6.07) is 12.9. The summed E-state index contributed by atoms with van der Waals surface area (Å²) in [5.74, 6) is -3.47. The maximum atomic E-state index is 13.3. The number of pyridine rings is 1. The Morgan fingerprint density at radius 2 is 1.73 bits per heavy atom. The molecule has 4 atom stereocenters. The Kier molecular flexibility index (Phi) is 10.6. The van der Waals surface area contributed by atoms with Gasteiger partial charge in [-0.15, -0.1) is 0 Å². The van der Waals surface area contributed by atoms with Crippen molar-refractivity contribution in [2.75, 3.05) is 0 Å². The van der Waals surface area contributed by atoms with Gasteiger partial charge in [0.05, 0.1) is 24.2 Å². The molecule has 2 amide bonds. The van der Waals surface area contributed by atoms with Gasteiger partial charge in [0.1, 0.15) is 17.3 Å². The first-order valence-corrected chi connectivity index (χ1v) is 13.6. The highest BCUT2D eigenvalue weighted by Gasteiger charge is 2.47. The highest BCUT2D eigenvalue weighted by atomic mass is 16.7. The number of esters is 1. The van der Waals surface area contributed by atoms with E-state index in [4.69, 9.17) is 14.0 Å². The Morgan fingerprint density at radius 1 is 1.05 bits per heavy atom. The number of nitrogens with one attached hydrogen (secondary N) is 2. The number of nitrogens with zero attached hydrogens (tertiary/aromatic N) is 1. The summed E-state index contributed by atoms with van der Waals surface area (Å²) in [7, 11) is -1.17. The summed E-state index contributed by atoms with van der Waals surface area (Å²) in [6.45, 7) is 10.3. The van der Waals surface area contributed by atoms with Crippen molar-refractivity contribution < 1.29 is 38.3 Å². The largest absolute Gasteiger partial charge is 0.552 e. The molecule has 0 aliphatic carbocycles. The number of aromatic nitrogens is 1. The normalized spacial score (nSPS) is 17.4. The van der Waals surface area contributed by atoms with Crippen LogP contribution >= 0.6 is 0 Å². The number of rotatable bonds is 11. The van der Waals surface area contributed by atoms with Crippen LogP contribution in [0.3, 0.4) is 0 Å². The molecule has 11 nitrogen and oxygen atoms in total. The van der Waals surface area contributed by atoms with Gasteiger partial charge in [0.2, 0.25) is 5.91 Å². The maximum absolute atomic E-state index is 13.3. The van der Waals surface area contributed by atoms with Gasteiger partial charge in [-0.2, -0.15) is 0 Å². The molecule has 1 fully saturated rings. The van der Waals surface area contributed by atoms with Crippen molar-refractivity contribution in [2.45, 2.75) is 84.2 Å². The second kappa shape index (κ2) is 13.7. The van der Waals surface area contributed by atoms with E-state index in [-0.39, 0.29) is 18.0 Å². The van der Waals surface area contributed by atoms with Crippen LogP contribution in [0.15, 0.2) is 48.5 Å². The van der Waals surface area contributed by atoms with Crippen LogP contribution in [0.25, 0.3) is 11.3 Å². The molecule has 0 unspecified atom stereocenters. The zero-order valence-electron chi connectivity index (χ0n) is 24.2. The lowest BCUT2D eigenvalue weighted by Crippen LogP contribution is -2.57. The fourth-order valence-corrected chi connectivity index (χ4v) is 4.25. The van der Waals surface area contributed by atoms with E-state index in [1.165, 1.54) is 13.0 Å². The van der Waals surface area contributed by atoms with Gasteiger partial charge in [-0.3, -0.25) is 19.2 Å². The van der Waals surface area contributed by atoms with Gasteiger partial charge in [0.25, 0.3) is 5.91 Å². The van der Waals surface area contributed by atoms with E-state index in [1.54, 1.807) is 32.9 Å². The number of hydrogen-bond acceptors (Lipinski definition) is 9. The summed E-state index contributed by atoms with van der Waals surface area (Å²) >= 11 is 0. The molecule has 0 saturated carbocycles. The van der Waals surface area contributed by atoms with Crippen molar-refractivity contribution in [3.63, 3.8) is 0 Å². The summed E-state index contributed by atoms with van der Waals surface area (Å²) in [6.07, 6.45) is -2.43. The average Bonchev–Trinajstić information content (AvgIpc) is 3.25. The standard InChI is InChI=1S/C29H38BN3O8/c1-17(2)15-23(30-40-22(28(38)41-30)16-24(35)39-29(4,5)6)32-27(37)25(18(3)34)33-26(36)21-14-10-13-20(31-21)19-11-8-7-9-12-19/h7-14,17-18,22-23,25,34H,15-16H2,1-6H3,(H,32,37)(H,33,36)/t18-,22+,23+,25+/m1/s1. The lowest BCUT2D eigenvalue weighted by atomic mass is 9.74. The molecule has 0 spiro atoms. The molecule has 1 aromatic carbocycles. The van der Waals surface area contributed by atoms with Crippen molar-refractivity contribution in [1.82, 2.24) is 15.6 Å². The zero-order valence-corrected chi connectivity index (χ0v) is 24.2. The van der Waals surface area contributed by atoms with Crippen LogP contribution in [0.4, 0.5) is 0 Å². The molecule has 2 aromatic rings. The summed E-state index contributed by atoms with van der Waals surface area (Å²) in [4.78, 5) is 55.5. The number of carbonyl (C=O) groups excluding carboxylic acids is 4. The van der Waals surface area contributed by atoms with Crippen molar-refractivity contribution in [3.05, 3.63) is 54.2 Å². The molecule has 2 heterocycles. The Hall–Kier alpha value is -3.77. The highest BCUT2D eigenvalue weighted by Crippen LogP contribution is 2.22. The van der Waals surface area contributed by atoms with Crippen LogP contribution < -0.4 is 10.6 Å². The van der Waals surface area contributed by atoms with Gasteiger partial charge < -0.3 is 29.8 Å². The average molecular weight is 567 g/mol. The molecule has 0 radical (unpaired) electrons. The number of carbonyl (C=O) groups is 4. The fourth-order valence-electron chi connectivity index (χ4n) is 4.25. The zero-order chi connectivity index (χ0) is 30.3. The van der Waals surface area contributed by atoms with Gasteiger partial charge in [-0.25, -0.2) is 4.98 Å². The number of hydrogen-bond donors (Lipinski definition) is 3. The summed E-state index contributed by atoms with van der Waals surface area (Å²) < 4.78 is 16.4. The SMILES string of the molecule is CC(C)C[C@H](NC(=O)[C@@H](NC(=O)c1cccc(-c2ccccc2)n1)[C@@H](C)O)B1OC(=O)[C@H](CC(=O)OC(C)(C)C)O1. The van der Waals surface area contributed by atoms with E-state index in [0.717, 1.165) is 5.56 Å². The van der Waals surface area contributed by atoms with E-state index in [0.29, 0.717) is 12.1 Å². The molecule has 3 rings (SSSR count). The van der Waals surface area contributed by atoms with Crippen LogP contribution in [0.5, 0.6) is 0 Å². The molecule has 12 heteroatoms. The predicted molar refractivity (Wildman–Crippen MR) is 151 cm³/mol. The van der Waals surface area contributed by atoms with E-state index < -0.39 is 60.7 Å². The Balaban J connectivity index is 1.70. The Morgan fingerprint density at radius 3 is 2.34 bits per heavy atom. The van der Waals surface area contributed by atoms with E-state index in [1.807, 2.05) is 44.2 Å². The Bertz CT molecular complexity index is 1230. The molecular weight excluding hydrogens is 529 g/mol. The van der Waals surface area contributed by atoms with Crippen LogP contribution in [0.1, 0.15) is 64.9 Å². The first kappa shape index (κ1) is 31.8. The number of aliphatic hydroxyl groups is 1. The van der Waals surface area contributed by atoms with Crippen molar-refractivity contribution >= 4 is 30.9 Å². The quantitative estimate of drug-likeness (QED) is 0.275. The number of ether oxygens (including phenoxy) is 1. The molecule has 1 aliphatic heterocycles. The van der Waals surface area contributed by atoms with Gasteiger partial charge in [-0.1, -0.05) is 50.2 Å². The number of aliphatic hydroxyl groups excluding tert-OH is 1. The number of amides is 2. The van der Waals surface area contributed by atoms with Gasteiger partial charge >= 0.3 is 19.1 Å². The first-order chi connectivity index (χ1) is 19.2. The molecule has 1 aliphatic rings. The van der Waals surface area contributed by atoms with E-state index in [9.17, 15) is 24.3 Å². The third-order valence-corrected chi connectivity index (χ3v) is 6.05. The summed E-state index contributed by atoms with van der Waals surface area (Å²) in [5, 5.41) is 15.7. The minimum atomic E-state index is -1.34. The van der Waals surface area contributed by atoms with Crippen LogP contribution in [-0.2, 0) is 28.4 Å². The monoisotopic (exact) mass is 567 g/mol. The van der Waals surface area contributed by atoms with Gasteiger partial charge in [0, 0.05) is 5.56 Å². The van der Waals surface area contributed by atoms with E-state index >= 15 is 0 Å². The lowest BCUT2D eigenvalue weighted by molar-refractivity contribution is -0.158. The maximum Gasteiger partial charge on any atom is 0.552 e. The van der Waals surface area contributed by atoms with Crippen LogP contribution in [0.2, 0.25) is 0 Å². The number of benzene rings is 1. The molecule has 1 aromatic heterocycles. The molecule has 220 valence electrons. The van der Waals surface area contributed by atoms with Gasteiger partial charge in [0.15, 0.2) is 6.10 Å². The second-order valence-electron chi connectivity index (χ2n) is 11.4. The summed E-state index contributed by atoms with van der Waals surface area (Å²) in [5.41, 5.74) is 0.738. The minimum absolute atomic E-state index is 0.0528. The first-order valence-electron chi connectivity index (χ1n) is 13.6. The lowest BCUT2D eigenvalue weighted by Gasteiger charge is -2.26.